The highest BCUT2D eigenvalue weighted by atomic mass is 35.5. The maximum absolute atomic E-state index is 11.5. The first-order chi connectivity index (χ1) is 9.15. The third-order valence-electron chi connectivity index (χ3n) is 3.54. The van der Waals surface area contributed by atoms with Gasteiger partial charge in [-0.15, -0.1) is 11.6 Å². The number of hydrogen-bond donors (Lipinski definition) is 1. The Bertz CT molecular complexity index is 400. The van der Waals surface area contributed by atoms with Crippen molar-refractivity contribution in [2.45, 2.75) is 37.7 Å². The van der Waals surface area contributed by atoms with Crippen LogP contribution in [0.1, 0.15) is 25.3 Å². The maximum Gasteiger partial charge on any atom is 0.237 e. The quantitative estimate of drug-likeness (QED) is 0.859. The van der Waals surface area contributed by atoms with E-state index in [-0.39, 0.29) is 11.9 Å². The number of halogens is 1. The Kier molecular flexibility index (Phi) is 5.23. The molecule has 1 fully saturated rings. The number of nitrogens with zero attached hydrogens (tertiary/aromatic N) is 1. The van der Waals surface area contributed by atoms with Crippen LogP contribution in [0.5, 0.6) is 0 Å². The Hall–Kier alpha value is -1.06. The van der Waals surface area contributed by atoms with Crippen molar-refractivity contribution >= 4 is 17.5 Å². The number of rotatable bonds is 4. The largest absolute Gasteiger partial charge is 0.352 e. The van der Waals surface area contributed by atoms with Gasteiger partial charge in [-0.1, -0.05) is 30.3 Å². The third-order valence-corrected chi connectivity index (χ3v) is 3.74. The summed E-state index contributed by atoms with van der Waals surface area (Å²) in [6, 6.07) is 10.8. The van der Waals surface area contributed by atoms with Crippen LogP contribution < -0.4 is 5.32 Å². The molecular formula is C15H21ClN2O. The molecule has 2 rings (SSSR count). The lowest BCUT2D eigenvalue weighted by atomic mass is 10.0. The summed E-state index contributed by atoms with van der Waals surface area (Å²) in [6.45, 7) is 4.75. The number of hydrogen-bond acceptors (Lipinski definition) is 2. The molecule has 1 aliphatic rings. The first kappa shape index (κ1) is 14.4. The predicted octanol–water partition coefficient (Wildman–Crippen LogP) is 2.39. The normalized spacial score (nSPS) is 19.1. The van der Waals surface area contributed by atoms with E-state index in [4.69, 9.17) is 11.6 Å². The van der Waals surface area contributed by atoms with E-state index in [9.17, 15) is 4.79 Å². The van der Waals surface area contributed by atoms with Gasteiger partial charge in [0.25, 0.3) is 0 Å². The summed E-state index contributed by atoms with van der Waals surface area (Å²) in [5, 5.41) is 2.56. The lowest BCUT2D eigenvalue weighted by molar-refractivity contribution is -0.121. The van der Waals surface area contributed by atoms with Gasteiger partial charge in [0.05, 0.1) is 0 Å². The van der Waals surface area contributed by atoms with E-state index in [2.05, 4.69) is 34.5 Å². The zero-order valence-corrected chi connectivity index (χ0v) is 12.1. The predicted molar refractivity (Wildman–Crippen MR) is 78.2 cm³/mol. The highest BCUT2D eigenvalue weighted by molar-refractivity contribution is 6.30. The Morgan fingerprint density at radius 3 is 2.58 bits per heavy atom. The molecule has 0 radical (unpaired) electrons. The standard InChI is InChI=1S/C15H21ClN2O/c1-12(16)15(19)17-14-7-9-18(10-8-14)11-13-5-3-2-4-6-13/h2-6,12,14H,7-11H2,1H3,(H,17,19)/t12-/m1/s1. The summed E-state index contributed by atoms with van der Waals surface area (Å²) in [5.41, 5.74) is 1.35. The molecule has 0 bridgehead atoms. The molecule has 1 N–H and O–H groups in total. The molecule has 1 atom stereocenters. The number of alkyl halides is 1. The maximum atomic E-state index is 11.5. The van der Waals surface area contributed by atoms with Crippen molar-refractivity contribution in [3.63, 3.8) is 0 Å². The van der Waals surface area contributed by atoms with Gasteiger partial charge in [0.2, 0.25) is 5.91 Å². The van der Waals surface area contributed by atoms with Gasteiger partial charge in [-0.05, 0) is 25.3 Å². The van der Waals surface area contributed by atoms with E-state index in [1.54, 1.807) is 6.92 Å². The van der Waals surface area contributed by atoms with E-state index in [0.29, 0.717) is 0 Å². The van der Waals surface area contributed by atoms with E-state index in [1.807, 2.05) is 6.07 Å². The highest BCUT2D eigenvalue weighted by Crippen LogP contribution is 2.14. The van der Waals surface area contributed by atoms with Crippen LogP contribution in [0.3, 0.4) is 0 Å². The van der Waals surface area contributed by atoms with Crippen LogP contribution in [0.2, 0.25) is 0 Å². The zero-order chi connectivity index (χ0) is 13.7. The molecule has 0 unspecified atom stereocenters. The Balaban J connectivity index is 1.75. The first-order valence-electron chi connectivity index (χ1n) is 6.86. The second kappa shape index (κ2) is 6.92. The molecule has 19 heavy (non-hydrogen) atoms. The van der Waals surface area contributed by atoms with E-state index < -0.39 is 5.38 Å². The van der Waals surface area contributed by atoms with Gasteiger partial charge in [0.1, 0.15) is 5.38 Å². The van der Waals surface area contributed by atoms with E-state index >= 15 is 0 Å². The van der Waals surface area contributed by atoms with Crippen LogP contribution in [-0.4, -0.2) is 35.3 Å². The Labute approximate surface area is 119 Å². The molecule has 1 aliphatic heterocycles. The fourth-order valence-electron chi connectivity index (χ4n) is 2.39. The fraction of sp³-hybridized carbons (Fsp3) is 0.533. The number of carbonyl (C=O) groups is 1. The van der Waals surface area contributed by atoms with Gasteiger partial charge in [-0.25, -0.2) is 0 Å². The number of piperidine rings is 1. The summed E-state index contributed by atoms with van der Waals surface area (Å²) >= 11 is 5.76. The number of likely N-dealkylation sites (tertiary alicyclic amines) is 1. The van der Waals surface area contributed by atoms with Crippen LogP contribution in [0.25, 0.3) is 0 Å². The molecule has 3 nitrogen and oxygen atoms in total. The van der Waals surface area contributed by atoms with Crippen molar-refractivity contribution in [1.82, 2.24) is 10.2 Å². The van der Waals surface area contributed by atoms with Gasteiger partial charge >= 0.3 is 0 Å². The SMILES string of the molecule is C[C@@H](Cl)C(=O)NC1CCN(Cc2ccccc2)CC1. The molecule has 1 heterocycles. The van der Waals surface area contributed by atoms with Crippen molar-refractivity contribution in [2.75, 3.05) is 13.1 Å². The molecule has 0 saturated carbocycles. The number of amides is 1. The summed E-state index contributed by atoms with van der Waals surface area (Å²) in [7, 11) is 0. The Morgan fingerprint density at radius 2 is 2.00 bits per heavy atom. The van der Waals surface area contributed by atoms with Crippen LogP contribution in [0, 0.1) is 0 Å². The average molecular weight is 281 g/mol. The van der Waals surface area contributed by atoms with Gasteiger partial charge in [0, 0.05) is 25.7 Å². The molecule has 4 heteroatoms. The van der Waals surface area contributed by atoms with Crippen molar-refractivity contribution in [1.29, 1.82) is 0 Å². The minimum atomic E-state index is -0.442. The molecule has 1 amide bonds. The van der Waals surface area contributed by atoms with Crippen LogP contribution in [0.4, 0.5) is 0 Å². The van der Waals surface area contributed by atoms with Crippen LogP contribution in [-0.2, 0) is 11.3 Å². The van der Waals surface area contributed by atoms with Gasteiger partial charge < -0.3 is 5.32 Å². The number of nitrogens with one attached hydrogen (secondary N) is 1. The summed E-state index contributed by atoms with van der Waals surface area (Å²) in [4.78, 5) is 14.0. The monoisotopic (exact) mass is 280 g/mol. The fourth-order valence-corrected chi connectivity index (χ4v) is 2.46. The second-order valence-electron chi connectivity index (χ2n) is 5.16. The van der Waals surface area contributed by atoms with Gasteiger partial charge in [-0.2, -0.15) is 0 Å². The summed E-state index contributed by atoms with van der Waals surface area (Å²) in [5.74, 6) is -0.0526. The van der Waals surface area contributed by atoms with Gasteiger partial charge in [-0.3, -0.25) is 9.69 Å². The zero-order valence-electron chi connectivity index (χ0n) is 11.3. The van der Waals surface area contributed by atoms with E-state index in [0.717, 1.165) is 32.5 Å². The lowest BCUT2D eigenvalue weighted by Gasteiger charge is -2.32. The smallest absolute Gasteiger partial charge is 0.237 e. The van der Waals surface area contributed by atoms with Crippen molar-refractivity contribution in [3.05, 3.63) is 35.9 Å². The molecule has 0 aromatic heterocycles. The summed E-state index contributed by atoms with van der Waals surface area (Å²) < 4.78 is 0. The minimum absolute atomic E-state index is 0.0526. The highest BCUT2D eigenvalue weighted by Gasteiger charge is 2.21. The third kappa shape index (κ3) is 4.51. The number of benzene rings is 1. The second-order valence-corrected chi connectivity index (χ2v) is 5.82. The van der Waals surface area contributed by atoms with Crippen molar-refractivity contribution < 1.29 is 4.79 Å². The molecule has 1 saturated heterocycles. The molecule has 1 aromatic rings. The van der Waals surface area contributed by atoms with Crippen LogP contribution in [0.15, 0.2) is 30.3 Å². The molecule has 104 valence electrons. The average Bonchev–Trinajstić information content (AvgIpc) is 2.42. The molecule has 1 aromatic carbocycles. The summed E-state index contributed by atoms with van der Waals surface area (Å²) in [6.07, 6.45) is 2.00. The van der Waals surface area contributed by atoms with Gasteiger partial charge in [0.15, 0.2) is 0 Å². The topological polar surface area (TPSA) is 32.3 Å². The molecular weight excluding hydrogens is 260 g/mol. The van der Waals surface area contributed by atoms with Crippen molar-refractivity contribution in [2.24, 2.45) is 0 Å². The van der Waals surface area contributed by atoms with Crippen molar-refractivity contribution in [3.8, 4) is 0 Å². The lowest BCUT2D eigenvalue weighted by Crippen LogP contribution is -2.46. The number of carbonyl (C=O) groups excluding carboxylic acids is 1. The minimum Gasteiger partial charge on any atom is -0.352 e. The van der Waals surface area contributed by atoms with Crippen LogP contribution >= 0.6 is 11.6 Å². The molecule has 0 aliphatic carbocycles. The van der Waals surface area contributed by atoms with E-state index in [1.165, 1.54) is 5.56 Å². The Morgan fingerprint density at radius 1 is 1.37 bits per heavy atom. The first-order valence-corrected chi connectivity index (χ1v) is 7.29. The molecule has 0 spiro atoms.